The van der Waals surface area contributed by atoms with Gasteiger partial charge in [0.2, 0.25) is 0 Å². The molecular formula is C8H12N3O2+. The second-order valence-electron chi connectivity index (χ2n) is 2.99. The summed E-state index contributed by atoms with van der Waals surface area (Å²) in [5, 5.41) is 8.85. The van der Waals surface area contributed by atoms with Gasteiger partial charge in [-0.15, -0.1) is 9.36 Å². The summed E-state index contributed by atoms with van der Waals surface area (Å²) in [7, 11) is 0. The summed E-state index contributed by atoms with van der Waals surface area (Å²) in [5.74, 6) is 0.773. The van der Waals surface area contributed by atoms with E-state index in [1.807, 2.05) is 28.6 Å². The highest BCUT2D eigenvalue weighted by molar-refractivity contribution is 5.85. The molecule has 0 radical (unpaired) electrons. The predicted molar refractivity (Wildman–Crippen MR) is 45.7 cm³/mol. The summed E-state index contributed by atoms with van der Waals surface area (Å²) < 4.78 is 3.99. The molecule has 0 saturated carbocycles. The van der Waals surface area contributed by atoms with E-state index in [1.165, 1.54) is 4.90 Å². The van der Waals surface area contributed by atoms with Gasteiger partial charge in [0.25, 0.3) is 0 Å². The van der Waals surface area contributed by atoms with E-state index in [9.17, 15) is 4.79 Å². The summed E-state index contributed by atoms with van der Waals surface area (Å²) in [6.45, 7) is 4.22. The molecule has 0 unspecified atom stereocenters. The van der Waals surface area contributed by atoms with Crippen LogP contribution in [0.5, 0.6) is 0 Å². The topological polar surface area (TPSA) is 49.3 Å². The molecule has 1 aromatic heterocycles. The molecule has 0 aromatic carbocycles. The molecule has 1 amide bonds. The largest absolute Gasteiger partial charge is 0.465 e. The number of aromatic nitrogens is 2. The van der Waals surface area contributed by atoms with Gasteiger partial charge in [0.05, 0.1) is 19.2 Å². The minimum absolute atomic E-state index is 0.561. The number of aryl methyl sites for hydroxylation is 1. The molecule has 1 aliphatic heterocycles. The molecule has 2 rings (SSSR count). The van der Waals surface area contributed by atoms with Crippen molar-refractivity contribution in [2.24, 2.45) is 0 Å². The molecule has 1 aromatic rings. The Hall–Kier alpha value is -1.52. The van der Waals surface area contributed by atoms with Crippen molar-refractivity contribution in [2.45, 2.75) is 20.0 Å². The van der Waals surface area contributed by atoms with Gasteiger partial charge in [-0.05, 0) is 6.92 Å². The first kappa shape index (κ1) is 8.10. The minimum Gasteiger partial charge on any atom is -0.465 e. The average Bonchev–Trinajstić information content (AvgIpc) is 2.61. The molecule has 0 fully saturated rings. The summed E-state index contributed by atoms with van der Waals surface area (Å²) in [6.07, 6.45) is 1.03. The zero-order valence-corrected chi connectivity index (χ0v) is 7.47. The van der Waals surface area contributed by atoms with Gasteiger partial charge in [-0.2, -0.15) is 0 Å². The molecule has 0 aliphatic carbocycles. The Morgan fingerprint density at radius 3 is 3.08 bits per heavy atom. The number of carboxylic acid groups (broad SMARTS) is 1. The van der Waals surface area contributed by atoms with Crippen molar-refractivity contribution in [2.75, 3.05) is 11.4 Å². The molecule has 1 N–H and O–H groups in total. The third-order valence-corrected chi connectivity index (χ3v) is 2.34. The Morgan fingerprint density at radius 2 is 2.46 bits per heavy atom. The average molecular weight is 182 g/mol. The van der Waals surface area contributed by atoms with E-state index in [4.69, 9.17) is 5.11 Å². The third kappa shape index (κ3) is 1.07. The number of fused-ring (bicyclic) bond motifs is 1. The smallest absolute Gasteiger partial charge is 0.413 e. The number of carbonyl (C=O) groups is 1. The van der Waals surface area contributed by atoms with Gasteiger partial charge in [-0.3, -0.25) is 4.90 Å². The lowest BCUT2D eigenvalue weighted by Crippen LogP contribution is -2.40. The maximum absolute atomic E-state index is 10.8. The first-order valence-electron chi connectivity index (χ1n) is 4.33. The number of rotatable bonds is 1. The first-order valence-corrected chi connectivity index (χ1v) is 4.33. The van der Waals surface area contributed by atoms with Crippen molar-refractivity contribution in [3.63, 3.8) is 0 Å². The fourth-order valence-electron chi connectivity index (χ4n) is 1.70. The van der Waals surface area contributed by atoms with Crippen LogP contribution < -0.4 is 9.58 Å². The van der Waals surface area contributed by atoms with Gasteiger partial charge in [-0.1, -0.05) is 0 Å². The van der Waals surface area contributed by atoms with Crippen LogP contribution in [0, 0.1) is 0 Å². The molecule has 5 heteroatoms. The summed E-state index contributed by atoms with van der Waals surface area (Å²) in [4.78, 5) is 12.1. The monoisotopic (exact) mass is 182 g/mol. The van der Waals surface area contributed by atoms with Crippen molar-refractivity contribution in [1.29, 1.82) is 0 Å². The molecule has 1 aliphatic rings. The molecule has 2 heterocycles. The van der Waals surface area contributed by atoms with Crippen molar-refractivity contribution >= 4 is 11.9 Å². The van der Waals surface area contributed by atoms with Gasteiger partial charge in [0.1, 0.15) is 0 Å². The van der Waals surface area contributed by atoms with E-state index in [-0.39, 0.29) is 0 Å². The number of hydrogen-bond donors (Lipinski definition) is 1. The van der Waals surface area contributed by atoms with E-state index in [1.54, 1.807) is 0 Å². The highest BCUT2D eigenvalue weighted by Crippen LogP contribution is 2.18. The second kappa shape index (κ2) is 2.76. The molecule has 0 saturated heterocycles. The van der Waals surface area contributed by atoms with Crippen LogP contribution in [-0.4, -0.2) is 22.4 Å². The fourth-order valence-corrected chi connectivity index (χ4v) is 1.70. The van der Waals surface area contributed by atoms with Crippen LogP contribution in [0.1, 0.15) is 6.92 Å². The van der Waals surface area contributed by atoms with E-state index < -0.39 is 6.09 Å². The number of amides is 1. The fraction of sp³-hybridized carbons (Fsp3) is 0.500. The molecular weight excluding hydrogens is 170 g/mol. The molecule has 0 spiro atoms. The second-order valence-corrected chi connectivity index (χ2v) is 2.99. The van der Waals surface area contributed by atoms with Gasteiger partial charge >= 0.3 is 6.09 Å². The van der Waals surface area contributed by atoms with Crippen molar-refractivity contribution in [1.82, 2.24) is 4.68 Å². The lowest BCUT2D eigenvalue weighted by Gasteiger charge is -2.06. The minimum atomic E-state index is -0.875. The Balaban J connectivity index is 2.38. The molecule has 5 nitrogen and oxygen atoms in total. The quantitative estimate of drug-likeness (QED) is 0.635. The third-order valence-electron chi connectivity index (χ3n) is 2.34. The molecule has 13 heavy (non-hydrogen) atoms. The Labute approximate surface area is 75.8 Å². The van der Waals surface area contributed by atoms with Crippen molar-refractivity contribution < 1.29 is 14.6 Å². The molecule has 0 bridgehead atoms. The van der Waals surface area contributed by atoms with Crippen LogP contribution in [0.15, 0.2) is 12.3 Å². The van der Waals surface area contributed by atoms with Crippen LogP contribution in [-0.2, 0) is 13.1 Å². The van der Waals surface area contributed by atoms with Gasteiger partial charge < -0.3 is 5.11 Å². The van der Waals surface area contributed by atoms with E-state index >= 15 is 0 Å². The van der Waals surface area contributed by atoms with Gasteiger partial charge in [-0.25, -0.2) is 4.79 Å². The maximum atomic E-state index is 10.8. The van der Waals surface area contributed by atoms with Crippen LogP contribution in [0.25, 0.3) is 0 Å². The van der Waals surface area contributed by atoms with Gasteiger partial charge in [0, 0.05) is 0 Å². The van der Waals surface area contributed by atoms with E-state index in [2.05, 4.69) is 0 Å². The summed E-state index contributed by atoms with van der Waals surface area (Å²) >= 11 is 0. The van der Waals surface area contributed by atoms with Crippen LogP contribution in [0.3, 0.4) is 0 Å². The van der Waals surface area contributed by atoms with E-state index in [0.29, 0.717) is 6.54 Å². The number of nitrogens with zero attached hydrogens (tertiary/aromatic N) is 3. The normalized spacial score (nSPS) is 14.7. The number of hydrogen-bond acceptors (Lipinski definition) is 1. The highest BCUT2D eigenvalue weighted by atomic mass is 16.4. The lowest BCUT2D eigenvalue weighted by atomic mass is 10.5. The van der Waals surface area contributed by atoms with Crippen molar-refractivity contribution in [3.05, 3.63) is 12.3 Å². The van der Waals surface area contributed by atoms with E-state index in [0.717, 1.165) is 18.9 Å². The maximum Gasteiger partial charge on any atom is 0.413 e. The molecule has 70 valence electrons. The van der Waals surface area contributed by atoms with Crippen LogP contribution in [0.2, 0.25) is 0 Å². The zero-order chi connectivity index (χ0) is 9.42. The van der Waals surface area contributed by atoms with Crippen LogP contribution in [0.4, 0.5) is 10.6 Å². The summed E-state index contributed by atoms with van der Waals surface area (Å²) in [6, 6.07) is 1.84. The SMILES string of the molecule is CC[n+]1ccc2n1CCN2C(=O)O. The summed E-state index contributed by atoms with van der Waals surface area (Å²) in [5.41, 5.74) is 0. The lowest BCUT2D eigenvalue weighted by molar-refractivity contribution is -0.770. The zero-order valence-electron chi connectivity index (χ0n) is 7.47. The van der Waals surface area contributed by atoms with Gasteiger partial charge in [0.15, 0.2) is 18.6 Å². The molecule has 0 atom stereocenters. The Kier molecular flexibility index (Phi) is 1.72. The number of anilines is 1. The predicted octanol–water partition coefficient (Wildman–Crippen LogP) is 0.294. The Bertz CT molecular complexity index is 345. The van der Waals surface area contributed by atoms with Crippen molar-refractivity contribution in [3.8, 4) is 0 Å². The highest BCUT2D eigenvalue weighted by Gasteiger charge is 2.29. The first-order chi connectivity index (χ1) is 6.24. The van der Waals surface area contributed by atoms with Crippen LogP contribution >= 0.6 is 0 Å². The Morgan fingerprint density at radius 1 is 1.69 bits per heavy atom. The standard InChI is InChI=1S/C8H11N3O2/c1-2-9-4-3-7-10(8(12)13)5-6-11(7)9/h3-4H,2,5-6H2,1H3/p+1.